The fraction of sp³-hybridized carbons (Fsp3) is 0.375. The van der Waals surface area contributed by atoms with Crippen LogP contribution in [0, 0.1) is 5.82 Å². The van der Waals surface area contributed by atoms with Gasteiger partial charge in [-0.3, -0.25) is 9.69 Å². The van der Waals surface area contributed by atoms with E-state index in [2.05, 4.69) is 5.32 Å². The van der Waals surface area contributed by atoms with Crippen molar-refractivity contribution in [3.05, 3.63) is 35.7 Å². The summed E-state index contributed by atoms with van der Waals surface area (Å²) in [5, 5.41) is 12.4. The molecule has 2 aliphatic heterocycles. The lowest BCUT2D eigenvalue weighted by molar-refractivity contribution is -0.119. The first kappa shape index (κ1) is 16.8. The van der Waals surface area contributed by atoms with Crippen LogP contribution in [0.2, 0.25) is 0 Å². The molecule has 1 saturated heterocycles. The van der Waals surface area contributed by atoms with E-state index in [-0.39, 0.29) is 19.0 Å². The number of nitrogens with zero attached hydrogens (tertiary/aromatic N) is 1. The summed E-state index contributed by atoms with van der Waals surface area (Å²) < 4.78 is 19.6. The van der Waals surface area contributed by atoms with Gasteiger partial charge in [-0.2, -0.15) is 0 Å². The van der Waals surface area contributed by atoms with Crippen molar-refractivity contribution in [3.8, 4) is 0 Å². The Morgan fingerprint density at radius 2 is 2.33 bits per heavy atom. The minimum absolute atomic E-state index is 0.207. The van der Waals surface area contributed by atoms with Crippen molar-refractivity contribution in [3.63, 3.8) is 0 Å². The Morgan fingerprint density at radius 1 is 1.54 bits per heavy atom. The Hall–Kier alpha value is -2.06. The van der Waals surface area contributed by atoms with Gasteiger partial charge in [-0.15, -0.1) is 11.8 Å². The standard InChI is InChI=1S/C16H17FN2O4S/c1-9(20)18-7-11-8-19(16(22)23-11)10-2-3-12(14(17)6-10)13-4-5-24-15(13)21/h2-4,6,11,15,21H,5,7-8H2,1H3,(H,18,20)/t11-,15?/m0/s1. The minimum atomic E-state index is -0.732. The summed E-state index contributed by atoms with van der Waals surface area (Å²) in [6.07, 6.45) is 0.745. The fourth-order valence-electron chi connectivity index (χ4n) is 2.66. The summed E-state index contributed by atoms with van der Waals surface area (Å²) in [5.74, 6) is -0.0689. The molecule has 8 heteroatoms. The predicted octanol–water partition coefficient (Wildman–Crippen LogP) is 1.74. The number of hydrogen-bond acceptors (Lipinski definition) is 5. The third kappa shape index (κ3) is 3.39. The van der Waals surface area contributed by atoms with Crippen molar-refractivity contribution in [2.75, 3.05) is 23.7 Å². The number of ether oxygens (including phenoxy) is 1. The van der Waals surface area contributed by atoms with E-state index >= 15 is 0 Å². The number of carbonyl (C=O) groups is 2. The molecule has 0 aromatic heterocycles. The number of carbonyl (C=O) groups excluding carboxylic acids is 2. The first-order chi connectivity index (χ1) is 11.5. The average molecular weight is 352 g/mol. The van der Waals surface area contributed by atoms with Gasteiger partial charge in [0.2, 0.25) is 5.91 Å². The van der Waals surface area contributed by atoms with Gasteiger partial charge in [0.25, 0.3) is 0 Å². The number of rotatable bonds is 4. The first-order valence-electron chi connectivity index (χ1n) is 7.48. The van der Waals surface area contributed by atoms with Crippen molar-refractivity contribution >= 4 is 35.0 Å². The van der Waals surface area contributed by atoms with Crippen molar-refractivity contribution in [2.24, 2.45) is 0 Å². The van der Waals surface area contributed by atoms with Crippen LogP contribution in [0.3, 0.4) is 0 Å². The van der Waals surface area contributed by atoms with Crippen molar-refractivity contribution in [1.82, 2.24) is 5.32 Å². The van der Waals surface area contributed by atoms with Crippen LogP contribution >= 0.6 is 11.8 Å². The number of benzene rings is 1. The number of nitrogens with one attached hydrogen (secondary N) is 1. The molecule has 3 rings (SSSR count). The molecule has 0 spiro atoms. The molecular formula is C16H17FN2O4S. The van der Waals surface area contributed by atoms with E-state index in [4.69, 9.17) is 4.74 Å². The Kier molecular flexibility index (Phi) is 4.77. The molecule has 1 unspecified atom stereocenters. The fourth-order valence-corrected chi connectivity index (χ4v) is 3.53. The van der Waals surface area contributed by atoms with E-state index in [0.29, 0.717) is 22.6 Å². The highest BCUT2D eigenvalue weighted by Gasteiger charge is 2.33. The summed E-state index contributed by atoms with van der Waals surface area (Å²) >= 11 is 1.32. The van der Waals surface area contributed by atoms with Crippen LogP contribution in [0.25, 0.3) is 5.57 Å². The second kappa shape index (κ2) is 6.82. The Morgan fingerprint density at radius 3 is 2.96 bits per heavy atom. The number of anilines is 1. The number of aliphatic hydroxyl groups is 1. The highest BCUT2D eigenvalue weighted by Crippen LogP contribution is 2.35. The van der Waals surface area contributed by atoms with Gasteiger partial charge < -0.3 is 15.2 Å². The van der Waals surface area contributed by atoms with E-state index < -0.39 is 23.5 Å². The molecule has 2 amide bonds. The highest BCUT2D eigenvalue weighted by molar-refractivity contribution is 8.00. The second-order valence-electron chi connectivity index (χ2n) is 5.56. The topological polar surface area (TPSA) is 78.9 Å². The quantitative estimate of drug-likeness (QED) is 0.863. The van der Waals surface area contributed by atoms with Gasteiger partial charge >= 0.3 is 6.09 Å². The van der Waals surface area contributed by atoms with Gasteiger partial charge in [-0.25, -0.2) is 9.18 Å². The smallest absolute Gasteiger partial charge is 0.414 e. The van der Waals surface area contributed by atoms with Gasteiger partial charge in [0.05, 0.1) is 18.8 Å². The van der Waals surface area contributed by atoms with E-state index in [0.717, 1.165) is 0 Å². The maximum atomic E-state index is 14.4. The summed E-state index contributed by atoms with van der Waals surface area (Å²) in [6, 6.07) is 4.44. The molecule has 2 heterocycles. The lowest BCUT2D eigenvalue weighted by atomic mass is 10.0. The molecule has 2 aliphatic rings. The van der Waals surface area contributed by atoms with Crippen LogP contribution in [0.15, 0.2) is 24.3 Å². The van der Waals surface area contributed by atoms with E-state index in [1.807, 2.05) is 0 Å². The first-order valence-corrected chi connectivity index (χ1v) is 8.53. The van der Waals surface area contributed by atoms with Crippen LogP contribution in [0.5, 0.6) is 0 Å². The maximum Gasteiger partial charge on any atom is 0.414 e. The van der Waals surface area contributed by atoms with Crippen LogP contribution in [0.4, 0.5) is 14.9 Å². The van der Waals surface area contributed by atoms with Crippen LogP contribution in [0.1, 0.15) is 12.5 Å². The van der Waals surface area contributed by atoms with E-state index in [9.17, 15) is 19.1 Å². The number of aliphatic hydroxyl groups excluding tert-OH is 1. The van der Waals surface area contributed by atoms with Gasteiger partial charge in [0.1, 0.15) is 17.4 Å². The molecule has 1 fully saturated rings. The van der Waals surface area contributed by atoms with E-state index in [1.54, 1.807) is 18.2 Å². The molecule has 0 bridgehead atoms. The molecule has 0 radical (unpaired) electrons. The number of amides is 2. The molecular weight excluding hydrogens is 335 g/mol. The van der Waals surface area contributed by atoms with Crippen LogP contribution < -0.4 is 10.2 Å². The molecule has 1 aromatic carbocycles. The monoisotopic (exact) mass is 352 g/mol. The Balaban J connectivity index is 1.74. The Bertz CT molecular complexity index is 709. The summed E-state index contributed by atoms with van der Waals surface area (Å²) in [7, 11) is 0. The third-order valence-electron chi connectivity index (χ3n) is 3.85. The SMILES string of the molecule is CC(=O)NC[C@H]1CN(c2ccc(C3=CCSC3O)c(F)c2)C(=O)O1. The van der Waals surface area contributed by atoms with Gasteiger partial charge in [-0.05, 0) is 23.8 Å². The zero-order valence-corrected chi connectivity index (χ0v) is 13.8. The van der Waals surface area contributed by atoms with Crippen molar-refractivity contribution < 1.29 is 23.8 Å². The Labute approximate surface area is 142 Å². The lowest BCUT2D eigenvalue weighted by Gasteiger charge is -2.15. The third-order valence-corrected chi connectivity index (χ3v) is 4.78. The molecule has 6 nitrogen and oxygen atoms in total. The second-order valence-corrected chi connectivity index (χ2v) is 6.68. The summed E-state index contributed by atoms with van der Waals surface area (Å²) in [6.45, 7) is 1.83. The van der Waals surface area contributed by atoms with Crippen LogP contribution in [-0.2, 0) is 9.53 Å². The van der Waals surface area contributed by atoms with Gasteiger partial charge in [-0.1, -0.05) is 6.08 Å². The normalized spacial score (nSPS) is 23.2. The van der Waals surface area contributed by atoms with Gasteiger partial charge in [0.15, 0.2) is 0 Å². The lowest BCUT2D eigenvalue weighted by Crippen LogP contribution is -2.33. The number of cyclic esters (lactones) is 1. The van der Waals surface area contributed by atoms with E-state index in [1.165, 1.54) is 29.7 Å². The van der Waals surface area contributed by atoms with Crippen molar-refractivity contribution in [2.45, 2.75) is 18.5 Å². The summed E-state index contributed by atoms with van der Waals surface area (Å²) in [4.78, 5) is 24.2. The molecule has 128 valence electrons. The number of thioether (sulfide) groups is 1. The average Bonchev–Trinajstić information content (AvgIpc) is 3.11. The molecule has 1 aromatic rings. The van der Waals surface area contributed by atoms with Gasteiger partial charge in [0, 0.05) is 18.2 Å². The maximum absolute atomic E-state index is 14.4. The molecule has 24 heavy (non-hydrogen) atoms. The molecule has 2 atom stereocenters. The molecule has 2 N–H and O–H groups in total. The largest absolute Gasteiger partial charge is 0.442 e. The number of halogens is 1. The predicted molar refractivity (Wildman–Crippen MR) is 89.1 cm³/mol. The highest BCUT2D eigenvalue weighted by atomic mass is 32.2. The van der Waals surface area contributed by atoms with Crippen molar-refractivity contribution in [1.29, 1.82) is 0 Å². The zero-order chi connectivity index (χ0) is 17.3. The zero-order valence-electron chi connectivity index (χ0n) is 13.0. The number of hydrogen-bond donors (Lipinski definition) is 2. The molecule has 0 aliphatic carbocycles. The minimum Gasteiger partial charge on any atom is -0.442 e. The molecule has 0 saturated carbocycles. The summed E-state index contributed by atoms with van der Waals surface area (Å²) in [5.41, 5.74) is 0.534. The van der Waals surface area contributed by atoms with Crippen LogP contribution in [-0.4, -0.2) is 47.5 Å².